The quantitative estimate of drug-likeness (QED) is 0.161. The van der Waals surface area contributed by atoms with Crippen LogP contribution in [0.2, 0.25) is 0 Å². The van der Waals surface area contributed by atoms with Gasteiger partial charge in [0.25, 0.3) is 0 Å². The summed E-state index contributed by atoms with van der Waals surface area (Å²) in [7, 11) is 0. The second-order valence-corrected chi connectivity index (χ2v) is 18.4. The lowest BCUT2D eigenvalue weighted by molar-refractivity contribution is 0.660. The van der Waals surface area contributed by atoms with Crippen LogP contribution in [0.5, 0.6) is 0 Å². The lowest BCUT2D eigenvalue weighted by Crippen LogP contribution is -2.25. The van der Waals surface area contributed by atoms with Crippen LogP contribution in [0.3, 0.4) is 0 Å². The van der Waals surface area contributed by atoms with E-state index in [0.29, 0.717) is 0 Å². The van der Waals surface area contributed by atoms with E-state index in [9.17, 15) is 0 Å². The van der Waals surface area contributed by atoms with Crippen molar-refractivity contribution in [2.45, 2.75) is 24.7 Å². The lowest BCUT2D eigenvalue weighted by atomic mass is 9.70. The molecule has 0 heterocycles. The zero-order valence-corrected chi connectivity index (χ0v) is 36.5. The molecule has 306 valence electrons. The molecule has 3 aliphatic carbocycles. The van der Waals surface area contributed by atoms with Gasteiger partial charge in [-0.25, -0.2) is 0 Å². The molecule has 0 unspecified atom stereocenters. The highest BCUT2D eigenvalue weighted by Crippen LogP contribution is 2.63. The molecule has 0 radical (unpaired) electrons. The molecule has 3 aliphatic rings. The third-order valence-electron chi connectivity index (χ3n) is 14.7. The molecule has 0 aliphatic heterocycles. The molecule has 0 atom stereocenters. The van der Waals surface area contributed by atoms with Gasteiger partial charge >= 0.3 is 0 Å². The normalized spacial score (nSPS) is 13.9. The third-order valence-corrected chi connectivity index (χ3v) is 14.7. The van der Waals surface area contributed by atoms with E-state index in [2.05, 4.69) is 255 Å². The Bertz CT molecular complexity index is 3460. The summed E-state index contributed by atoms with van der Waals surface area (Å²) in [5.74, 6) is 0. The third kappa shape index (κ3) is 5.39. The maximum Gasteiger partial charge on any atom is 0.0725 e. The summed E-state index contributed by atoms with van der Waals surface area (Å²) in [5.41, 5.74) is 25.8. The summed E-state index contributed by atoms with van der Waals surface area (Å²) >= 11 is 0. The Kier molecular flexibility index (Phi) is 8.24. The topological polar surface area (TPSA) is 3.24 Å². The zero-order chi connectivity index (χ0) is 43.3. The molecule has 0 N–H and O–H groups in total. The number of benzene rings is 10. The van der Waals surface area contributed by atoms with Gasteiger partial charge in [-0.2, -0.15) is 0 Å². The predicted octanol–water partition coefficient (Wildman–Crippen LogP) is 16.8. The standard InChI is InChI=1S/C64H45N/c1-63(2)55-30-13-9-25-49(55)53-38-36-47(41-59(53)63)65(46-24-17-23-44(39-46)42-19-5-3-6-20-42)61-34-18-29-48(43-21-7-4-8-22-43)62(61)45-35-37-54-52-28-12-16-33-58(52)64(60(54)40-45)56-31-14-10-26-50(56)51-27-11-15-32-57(51)64/h3-41H,1-2H3. The molecule has 1 spiro atoms. The van der Waals surface area contributed by atoms with E-state index in [1.165, 1.54) is 100 Å². The monoisotopic (exact) mass is 827 g/mol. The van der Waals surface area contributed by atoms with E-state index in [1.807, 2.05) is 0 Å². The average Bonchev–Trinajstić information content (AvgIpc) is 3.93. The molecule has 0 saturated carbocycles. The van der Waals surface area contributed by atoms with Crippen molar-refractivity contribution in [3.05, 3.63) is 270 Å². The number of nitrogens with zero attached hydrogens (tertiary/aromatic N) is 1. The van der Waals surface area contributed by atoms with Crippen molar-refractivity contribution in [3.8, 4) is 66.8 Å². The zero-order valence-electron chi connectivity index (χ0n) is 36.5. The van der Waals surface area contributed by atoms with Crippen molar-refractivity contribution in [2.75, 3.05) is 4.90 Å². The summed E-state index contributed by atoms with van der Waals surface area (Å²) in [4.78, 5) is 2.52. The molecule has 0 aromatic heterocycles. The number of anilines is 3. The molecule has 0 amide bonds. The first-order valence-electron chi connectivity index (χ1n) is 22.8. The minimum Gasteiger partial charge on any atom is -0.310 e. The van der Waals surface area contributed by atoms with Crippen LogP contribution in [0.25, 0.3) is 66.8 Å². The first kappa shape index (κ1) is 37.5. The summed E-state index contributed by atoms with van der Waals surface area (Å²) in [6.45, 7) is 4.75. The Morgan fingerprint density at radius 3 is 1.38 bits per heavy atom. The molecule has 1 heteroatoms. The Balaban J connectivity index is 1.10. The molecule has 10 aromatic carbocycles. The van der Waals surface area contributed by atoms with Gasteiger partial charge in [-0.15, -0.1) is 0 Å². The van der Waals surface area contributed by atoms with Crippen LogP contribution in [0.15, 0.2) is 237 Å². The van der Waals surface area contributed by atoms with Crippen LogP contribution >= 0.6 is 0 Å². The van der Waals surface area contributed by atoms with Gasteiger partial charge < -0.3 is 4.90 Å². The first-order valence-corrected chi connectivity index (χ1v) is 22.8. The van der Waals surface area contributed by atoms with Crippen LogP contribution in [0, 0.1) is 0 Å². The van der Waals surface area contributed by atoms with Crippen molar-refractivity contribution < 1.29 is 0 Å². The fraction of sp³-hybridized carbons (Fsp3) is 0.0625. The maximum absolute atomic E-state index is 2.54. The fourth-order valence-electron chi connectivity index (χ4n) is 11.9. The number of fused-ring (bicyclic) bond motifs is 13. The average molecular weight is 828 g/mol. The van der Waals surface area contributed by atoms with Gasteiger partial charge in [-0.05, 0) is 131 Å². The van der Waals surface area contributed by atoms with E-state index < -0.39 is 5.41 Å². The van der Waals surface area contributed by atoms with E-state index in [4.69, 9.17) is 0 Å². The molecule has 1 nitrogen and oxygen atoms in total. The fourth-order valence-corrected chi connectivity index (χ4v) is 11.9. The molecular formula is C64H45N. The molecule has 0 saturated heterocycles. The van der Waals surface area contributed by atoms with Crippen molar-refractivity contribution in [1.29, 1.82) is 0 Å². The number of hydrogen-bond acceptors (Lipinski definition) is 1. The van der Waals surface area contributed by atoms with Crippen LogP contribution in [-0.4, -0.2) is 0 Å². The van der Waals surface area contributed by atoms with Crippen molar-refractivity contribution in [3.63, 3.8) is 0 Å². The Morgan fingerprint density at radius 2 is 0.738 bits per heavy atom. The smallest absolute Gasteiger partial charge is 0.0725 e. The summed E-state index contributed by atoms with van der Waals surface area (Å²) in [6, 6.07) is 88.4. The highest BCUT2D eigenvalue weighted by molar-refractivity contribution is 6.01. The number of rotatable bonds is 6. The molecule has 0 bridgehead atoms. The van der Waals surface area contributed by atoms with Crippen LogP contribution in [0.4, 0.5) is 17.1 Å². The summed E-state index contributed by atoms with van der Waals surface area (Å²) < 4.78 is 0. The van der Waals surface area contributed by atoms with Crippen molar-refractivity contribution in [2.24, 2.45) is 0 Å². The Labute approximate surface area is 381 Å². The largest absolute Gasteiger partial charge is 0.310 e. The van der Waals surface area contributed by atoms with Gasteiger partial charge in [0, 0.05) is 22.4 Å². The van der Waals surface area contributed by atoms with Crippen molar-refractivity contribution in [1.82, 2.24) is 0 Å². The van der Waals surface area contributed by atoms with Crippen LogP contribution in [-0.2, 0) is 10.8 Å². The lowest BCUT2D eigenvalue weighted by Gasteiger charge is -2.32. The SMILES string of the molecule is CC1(C)c2ccccc2-c2ccc(N(c3cccc(-c4ccccc4)c3)c3cccc(-c4ccccc4)c3-c3ccc4c(c3)C3(c5ccccc5-c5ccccc53)c3ccccc3-4)cc21. The molecule has 65 heavy (non-hydrogen) atoms. The van der Waals surface area contributed by atoms with Crippen LogP contribution in [0.1, 0.15) is 47.2 Å². The molecule has 10 aromatic rings. The van der Waals surface area contributed by atoms with Crippen molar-refractivity contribution >= 4 is 17.1 Å². The Morgan fingerprint density at radius 1 is 0.277 bits per heavy atom. The van der Waals surface area contributed by atoms with E-state index in [0.717, 1.165) is 17.1 Å². The maximum atomic E-state index is 2.54. The van der Waals surface area contributed by atoms with Gasteiger partial charge in [0.2, 0.25) is 0 Å². The molecule has 13 rings (SSSR count). The second-order valence-electron chi connectivity index (χ2n) is 18.4. The summed E-state index contributed by atoms with van der Waals surface area (Å²) in [5, 5.41) is 0. The second kappa shape index (κ2) is 14.3. The number of hydrogen-bond donors (Lipinski definition) is 0. The van der Waals surface area contributed by atoms with E-state index >= 15 is 0 Å². The summed E-state index contributed by atoms with van der Waals surface area (Å²) in [6.07, 6.45) is 0. The highest BCUT2D eigenvalue weighted by Gasteiger charge is 2.51. The van der Waals surface area contributed by atoms with Gasteiger partial charge in [0.05, 0.1) is 11.1 Å². The minimum atomic E-state index is -0.457. The molecule has 0 fully saturated rings. The van der Waals surface area contributed by atoms with E-state index in [-0.39, 0.29) is 5.41 Å². The van der Waals surface area contributed by atoms with Gasteiger partial charge in [-0.1, -0.05) is 214 Å². The van der Waals surface area contributed by atoms with Crippen LogP contribution < -0.4 is 4.90 Å². The van der Waals surface area contributed by atoms with Gasteiger partial charge in [0.15, 0.2) is 0 Å². The first-order chi connectivity index (χ1) is 32.0. The van der Waals surface area contributed by atoms with E-state index in [1.54, 1.807) is 0 Å². The predicted molar refractivity (Wildman–Crippen MR) is 271 cm³/mol. The van der Waals surface area contributed by atoms with Gasteiger partial charge in [-0.3, -0.25) is 0 Å². The van der Waals surface area contributed by atoms with Gasteiger partial charge in [0.1, 0.15) is 0 Å². The molecular weight excluding hydrogens is 783 g/mol. The highest BCUT2D eigenvalue weighted by atomic mass is 15.1. The minimum absolute atomic E-state index is 0.161. The Hall–Kier alpha value is -8.00.